The number of hydrogen-bond acceptors (Lipinski definition) is 8. The fraction of sp³-hybridized carbons (Fsp3) is 0.500. The number of halogens is 6. The molecule has 4 heterocycles. The molecule has 0 unspecified atom stereocenters. The molecule has 0 radical (unpaired) electrons. The first-order valence-electron chi connectivity index (χ1n) is 9.57. The molecule has 0 spiro atoms. The van der Waals surface area contributed by atoms with Gasteiger partial charge in [0.15, 0.2) is 0 Å². The van der Waals surface area contributed by atoms with E-state index in [0.29, 0.717) is 36.3 Å². The van der Waals surface area contributed by atoms with Gasteiger partial charge in [-0.25, -0.2) is 9.59 Å². The van der Waals surface area contributed by atoms with Gasteiger partial charge in [-0.3, -0.25) is 28.7 Å². The van der Waals surface area contributed by atoms with Crippen LogP contribution in [0.1, 0.15) is 0 Å². The van der Waals surface area contributed by atoms with Crippen molar-refractivity contribution in [3.63, 3.8) is 0 Å². The summed E-state index contributed by atoms with van der Waals surface area (Å²) < 4.78 is 61.4. The molecule has 0 amide bonds. The number of aromatic nitrogens is 4. The summed E-state index contributed by atoms with van der Waals surface area (Å²) in [6.07, 6.45) is 0. The van der Waals surface area contributed by atoms with Crippen LogP contribution in [0.4, 0.5) is 48.2 Å². The molecule has 0 atom stereocenters. The van der Waals surface area contributed by atoms with Gasteiger partial charge in [-0.1, -0.05) is 0 Å². The molecule has 0 saturated heterocycles. The van der Waals surface area contributed by atoms with E-state index in [1.807, 2.05) is 47.8 Å². The van der Waals surface area contributed by atoms with E-state index in [9.17, 15) is 44.4 Å². The zero-order valence-electron chi connectivity index (χ0n) is 19.7. The molecule has 36 heavy (non-hydrogen) atoms. The Morgan fingerprint density at radius 2 is 0.833 bits per heavy atom. The molecule has 0 fully saturated rings. The molecule has 2 N–H and O–H groups in total. The summed E-state index contributed by atoms with van der Waals surface area (Å²) in [6, 6.07) is 0. The summed E-state index contributed by atoms with van der Waals surface area (Å²) in [7, 11) is -0.421. The number of H-pyrrole nitrogens is 2. The van der Waals surface area contributed by atoms with Crippen LogP contribution in [-0.4, -0.2) is 60.6 Å². The standard InChI is InChI=1S/2C8H12N4O2.Ag.F6P/c2*1-10-4-11(2)6-5(10)7(13)12(3)8(14)9-6;;1-7(2,3,4,5)6/h2*4H2,1-3H3,(H,9,14);;/q;;+1;-1. The van der Waals surface area contributed by atoms with Gasteiger partial charge < -0.3 is 19.6 Å². The molecule has 0 aliphatic carbocycles. The molecule has 0 bridgehead atoms. The maximum atomic E-state index is 11.7. The Bertz CT molecular complexity index is 1290. The average molecular weight is 645 g/mol. The van der Waals surface area contributed by atoms with Gasteiger partial charge in [0.25, 0.3) is 11.1 Å². The Balaban J connectivity index is 0.000000283. The molecule has 0 saturated carbocycles. The molecule has 2 aliphatic rings. The van der Waals surface area contributed by atoms with Gasteiger partial charge in [0, 0.05) is 42.3 Å². The Hall–Kier alpha value is -2.69. The molecule has 12 nitrogen and oxygen atoms in total. The van der Waals surface area contributed by atoms with Crippen LogP contribution in [0.3, 0.4) is 0 Å². The van der Waals surface area contributed by atoms with Crippen LogP contribution < -0.4 is 42.1 Å². The second-order valence-corrected chi connectivity index (χ2v) is 9.93. The van der Waals surface area contributed by atoms with Crippen LogP contribution >= 0.6 is 7.81 Å². The number of rotatable bonds is 0. The molecule has 20 heteroatoms. The predicted molar refractivity (Wildman–Crippen MR) is 122 cm³/mol. The average Bonchev–Trinajstić information content (AvgIpc) is 3.10. The quantitative estimate of drug-likeness (QED) is 0.249. The third kappa shape index (κ3) is 7.65. The normalized spacial score (nSPS) is 16.0. The van der Waals surface area contributed by atoms with E-state index in [2.05, 4.69) is 9.97 Å². The molecule has 0 aromatic carbocycles. The topological polar surface area (TPSA) is 123 Å². The number of hydrogen-bond donors (Lipinski definition) is 2. The van der Waals surface area contributed by atoms with Crippen LogP contribution in [-0.2, 0) is 36.5 Å². The van der Waals surface area contributed by atoms with E-state index < -0.39 is 7.81 Å². The number of fused-ring (bicyclic) bond motifs is 2. The van der Waals surface area contributed by atoms with Crippen molar-refractivity contribution in [3.05, 3.63) is 41.7 Å². The van der Waals surface area contributed by atoms with Gasteiger partial charge in [0.2, 0.25) is 0 Å². The Kier molecular flexibility index (Phi) is 8.11. The van der Waals surface area contributed by atoms with Gasteiger partial charge in [0.1, 0.15) is 23.0 Å². The molecule has 2 aromatic heterocycles. The van der Waals surface area contributed by atoms with Crippen molar-refractivity contribution in [1.82, 2.24) is 19.1 Å². The molecule has 2 aliphatic heterocycles. The SMILES string of the molecule is CN1CN(C)c2c1[nH]c(=O)n(C)c2=O.CN1CN(C)c2c1[nH]c(=O)n(C)c2=O.F[P-](F)(F)(F)(F)F.[Ag+]. The summed E-state index contributed by atoms with van der Waals surface area (Å²) >= 11 is 0. The summed E-state index contributed by atoms with van der Waals surface area (Å²) in [4.78, 5) is 58.7. The zero-order chi connectivity index (χ0) is 27.3. The monoisotopic (exact) mass is 644 g/mol. The largest absolute Gasteiger partial charge is 1.00 e. The second kappa shape index (κ2) is 9.32. The van der Waals surface area contributed by atoms with E-state index in [-0.39, 0.29) is 44.9 Å². The fourth-order valence-electron chi connectivity index (χ4n) is 3.35. The van der Waals surface area contributed by atoms with Crippen LogP contribution in [0.25, 0.3) is 0 Å². The van der Waals surface area contributed by atoms with Crippen molar-refractivity contribution >= 4 is 30.8 Å². The second-order valence-electron chi connectivity index (χ2n) is 8.02. The van der Waals surface area contributed by atoms with E-state index in [1.165, 1.54) is 14.1 Å². The minimum Gasteiger partial charge on any atom is 1.00 e. The zero-order valence-corrected chi connectivity index (χ0v) is 22.1. The first-order chi connectivity index (χ1) is 15.5. The number of nitrogens with zero attached hydrogens (tertiary/aromatic N) is 6. The van der Waals surface area contributed by atoms with Crippen LogP contribution in [0, 0.1) is 0 Å². The van der Waals surface area contributed by atoms with E-state index >= 15 is 0 Å². The Labute approximate surface area is 214 Å². The maximum Gasteiger partial charge on any atom is 1.00 e. The molecule has 210 valence electrons. The van der Waals surface area contributed by atoms with Crippen molar-refractivity contribution < 1.29 is 47.6 Å². The number of anilines is 4. The molecular formula is C16H24AgF6N8O4P. The van der Waals surface area contributed by atoms with Crippen molar-refractivity contribution in [2.75, 3.05) is 61.1 Å². The van der Waals surface area contributed by atoms with E-state index in [1.54, 1.807) is 0 Å². The van der Waals surface area contributed by atoms with E-state index in [0.717, 1.165) is 9.13 Å². The smallest absolute Gasteiger partial charge is 1.00 e. The molecular weight excluding hydrogens is 621 g/mol. The summed E-state index contributed by atoms with van der Waals surface area (Å²) in [6.45, 7) is 1.23. The van der Waals surface area contributed by atoms with Gasteiger partial charge in [0.05, 0.1) is 13.3 Å². The third-order valence-corrected chi connectivity index (χ3v) is 4.90. The van der Waals surface area contributed by atoms with Gasteiger partial charge in [-0.05, 0) is 0 Å². The fourth-order valence-corrected chi connectivity index (χ4v) is 3.35. The molecule has 2 aromatic rings. The number of aromatic amines is 2. The minimum absolute atomic E-state index is 0. The van der Waals surface area contributed by atoms with Crippen LogP contribution in [0.2, 0.25) is 0 Å². The number of nitrogens with one attached hydrogen (secondary N) is 2. The Morgan fingerprint density at radius 1 is 0.583 bits per heavy atom. The third-order valence-electron chi connectivity index (χ3n) is 4.90. The minimum atomic E-state index is -10.7. The maximum absolute atomic E-state index is 11.7. The van der Waals surface area contributed by atoms with E-state index in [4.69, 9.17) is 0 Å². The first-order valence-corrected chi connectivity index (χ1v) is 11.6. The Morgan fingerprint density at radius 3 is 1.08 bits per heavy atom. The molecule has 4 rings (SSSR count). The van der Waals surface area contributed by atoms with Crippen molar-refractivity contribution in [2.45, 2.75) is 0 Å². The van der Waals surface area contributed by atoms with Gasteiger partial charge in [-0.15, -0.1) is 0 Å². The van der Waals surface area contributed by atoms with Crippen molar-refractivity contribution in [1.29, 1.82) is 0 Å². The van der Waals surface area contributed by atoms with Gasteiger partial charge >= 0.3 is 66.7 Å². The van der Waals surface area contributed by atoms with Crippen molar-refractivity contribution in [3.8, 4) is 0 Å². The van der Waals surface area contributed by atoms with Crippen LogP contribution in [0.5, 0.6) is 0 Å². The summed E-state index contributed by atoms with van der Waals surface area (Å²) in [5.74, 6) is 1.20. The summed E-state index contributed by atoms with van der Waals surface area (Å²) in [5.41, 5.74) is -0.165. The first kappa shape index (κ1) is 31.3. The summed E-state index contributed by atoms with van der Waals surface area (Å²) in [5, 5.41) is 0. The van der Waals surface area contributed by atoms with Crippen molar-refractivity contribution in [2.24, 2.45) is 14.1 Å². The predicted octanol–water partition coefficient (Wildman–Crippen LogP) is 1.21. The van der Waals surface area contributed by atoms with Crippen LogP contribution in [0.15, 0.2) is 19.2 Å². The van der Waals surface area contributed by atoms with Gasteiger partial charge in [-0.2, -0.15) is 0 Å².